The molecule has 0 fully saturated rings. The molecule has 0 bridgehead atoms. The Hall–Kier alpha value is -1.74. The highest BCUT2D eigenvalue weighted by molar-refractivity contribution is 6.93. The minimum Gasteiger partial charge on any atom is -0.449 e. The van der Waals surface area contributed by atoms with E-state index in [9.17, 15) is 13.2 Å². The number of halogens is 3. The summed E-state index contributed by atoms with van der Waals surface area (Å²) >= 11 is 0. The minimum atomic E-state index is -4.51. The second kappa shape index (κ2) is 8.41. The van der Waals surface area contributed by atoms with Gasteiger partial charge in [-0.1, -0.05) is 41.5 Å². The van der Waals surface area contributed by atoms with Crippen LogP contribution in [0.2, 0.25) is 16.6 Å². The fourth-order valence-corrected chi connectivity index (χ4v) is 11.3. The number of oxazole rings is 1. The smallest absolute Gasteiger partial charge is 0.449 e. The molecule has 5 nitrogen and oxygen atoms in total. The fourth-order valence-electron chi connectivity index (χ4n) is 5.19. The van der Waals surface area contributed by atoms with Crippen molar-refractivity contribution in [3.63, 3.8) is 0 Å². The van der Waals surface area contributed by atoms with Gasteiger partial charge in [-0.15, -0.1) is 0 Å². The van der Waals surface area contributed by atoms with E-state index >= 15 is 0 Å². The lowest BCUT2D eigenvalue weighted by atomic mass is 10.1. The van der Waals surface area contributed by atoms with Crippen molar-refractivity contribution in [2.45, 2.75) is 83.9 Å². The van der Waals surface area contributed by atoms with Crippen LogP contribution >= 0.6 is 0 Å². The summed E-state index contributed by atoms with van der Waals surface area (Å²) in [7, 11) is -1.95. The Morgan fingerprint density at radius 3 is 2.23 bits per heavy atom. The number of hydrogen-bond donors (Lipinski definition) is 0. The first kappa shape index (κ1) is 22.9. The summed E-state index contributed by atoms with van der Waals surface area (Å²) in [5.41, 5.74) is 3.65. The highest BCUT2D eigenvalue weighted by atomic mass is 28.3. The Bertz CT molecular complexity index is 858. The van der Waals surface area contributed by atoms with Gasteiger partial charge in [-0.25, -0.2) is 15.0 Å². The van der Waals surface area contributed by atoms with Gasteiger partial charge in [0, 0.05) is 31.3 Å². The molecule has 1 aliphatic heterocycles. The summed E-state index contributed by atoms with van der Waals surface area (Å²) in [6.45, 7) is 15.3. The molecule has 0 saturated heterocycles. The molecule has 0 spiro atoms. The van der Waals surface area contributed by atoms with Crippen molar-refractivity contribution < 1.29 is 17.6 Å². The van der Waals surface area contributed by atoms with Gasteiger partial charge in [-0.3, -0.25) is 4.90 Å². The number of rotatable bonds is 6. The molecule has 0 aliphatic carbocycles. The molecule has 0 amide bonds. The molecule has 3 rings (SSSR count). The normalized spacial score (nSPS) is 16.0. The number of hydrogen-bond acceptors (Lipinski definition) is 5. The number of fused-ring (bicyclic) bond motifs is 1. The lowest BCUT2D eigenvalue weighted by Crippen LogP contribution is -2.56. The maximum Gasteiger partial charge on any atom is 0.451 e. The second-order valence-corrected chi connectivity index (χ2v) is 14.9. The molecule has 0 saturated carbocycles. The summed E-state index contributed by atoms with van der Waals surface area (Å²) < 4.78 is 44.8. The van der Waals surface area contributed by atoms with Crippen molar-refractivity contribution >= 4 is 13.6 Å². The number of alkyl halides is 3. The Balaban J connectivity index is 1.77. The zero-order valence-electron chi connectivity index (χ0n) is 18.5. The topological polar surface area (TPSA) is 55.1 Å². The van der Waals surface area contributed by atoms with Crippen molar-refractivity contribution in [3.05, 3.63) is 35.2 Å². The van der Waals surface area contributed by atoms with E-state index in [1.165, 1.54) is 6.20 Å². The van der Waals surface area contributed by atoms with Gasteiger partial charge < -0.3 is 4.42 Å². The highest BCUT2D eigenvalue weighted by Gasteiger charge is 2.49. The highest BCUT2D eigenvalue weighted by Crippen LogP contribution is 2.40. The Labute approximate surface area is 177 Å². The fraction of sp³-hybridized carbons (Fsp3) is 0.667. The molecule has 0 N–H and O–H groups in total. The van der Waals surface area contributed by atoms with E-state index in [0.717, 1.165) is 16.8 Å². The van der Waals surface area contributed by atoms with Crippen molar-refractivity contribution in [2.75, 3.05) is 6.54 Å². The molecule has 30 heavy (non-hydrogen) atoms. The van der Waals surface area contributed by atoms with E-state index in [4.69, 9.17) is 9.40 Å². The monoisotopic (exact) mass is 440 g/mol. The molecular weight excluding hydrogens is 409 g/mol. The van der Waals surface area contributed by atoms with E-state index in [1.807, 2.05) is 6.20 Å². The van der Waals surface area contributed by atoms with Crippen molar-refractivity contribution in [1.29, 1.82) is 0 Å². The van der Waals surface area contributed by atoms with E-state index in [1.54, 1.807) is 0 Å². The zero-order valence-corrected chi connectivity index (χ0v) is 19.5. The predicted molar refractivity (Wildman–Crippen MR) is 112 cm³/mol. The van der Waals surface area contributed by atoms with Crippen molar-refractivity contribution in [3.8, 4) is 0 Å². The van der Waals surface area contributed by atoms with Crippen LogP contribution in [0.5, 0.6) is 0 Å². The average Bonchev–Trinajstić information content (AvgIpc) is 3.08. The van der Waals surface area contributed by atoms with Gasteiger partial charge >= 0.3 is 6.18 Å². The maximum atomic E-state index is 12.8. The van der Waals surface area contributed by atoms with Gasteiger partial charge in [0.25, 0.3) is 0 Å². The SMILES string of the molecule is CC(C)[Si](c1ncc(CN2CCc3nc(C(F)(F)F)ncc3C2)o1)(C(C)C)C(C)C. The first-order valence-corrected chi connectivity index (χ1v) is 12.8. The Kier molecular flexibility index (Phi) is 6.43. The molecule has 2 aromatic rings. The molecule has 0 unspecified atom stereocenters. The summed E-state index contributed by atoms with van der Waals surface area (Å²) in [5, 5.41) is 0. The first-order valence-electron chi connectivity index (χ1n) is 10.6. The molecular formula is C21H31F3N4OSi. The van der Waals surface area contributed by atoms with Crippen molar-refractivity contribution in [1.82, 2.24) is 19.9 Å². The molecule has 3 heterocycles. The third-order valence-electron chi connectivity index (χ3n) is 6.44. The first-order chi connectivity index (χ1) is 14.0. The quantitative estimate of drug-likeness (QED) is 0.597. The summed E-state index contributed by atoms with van der Waals surface area (Å²) in [4.78, 5) is 14.1. The Morgan fingerprint density at radius 2 is 1.67 bits per heavy atom. The van der Waals surface area contributed by atoms with Gasteiger partial charge in [-0.05, 0) is 16.6 Å². The van der Waals surface area contributed by atoms with Gasteiger partial charge in [0.1, 0.15) is 5.76 Å². The lowest BCUT2D eigenvalue weighted by molar-refractivity contribution is -0.145. The van der Waals surface area contributed by atoms with E-state index in [0.29, 0.717) is 48.4 Å². The van der Waals surface area contributed by atoms with Gasteiger partial charge in [0.15, 0.2) is 13.6 Å². The number of aromatic nitrogens is 3. The molecule has 2 aromatic heterocycles. The van der Waals surface area contributed by atoms with E-state index < -0.39 is 20.1 Å². The van der Waals surface area contributed by atoms with Gasteiger partial charge in [0.05, 0.1) is 18.4 Å². The van der Waals surface area contributed by atoms with Crippen LogP contribution in [-0.4, -0.2) is 34.5 Å². The third-order valence-corrected chi connectivity index (χ3v) is 13.1. The molecule has 1 aliphatic rings. The van der Waals surface area contributed by atoms with Crippen LogP contribution in [0.3, 0.4) is 0 Å². The van der Waals surface area contributed by atoms with Crippen LogP contribution < -0.4 is 5.51 Å². The van der Waals surface area contributed by atoms with Crippen LogP contribution in [0, 0.1) is 0 Å². The molecule has 0 atom stereocenters. The standard InChI is InChI=1S/C21H31F3N4OSi/c1-13(2)30(14(3)4,15(5)6)20-26-10-17(29-20)12-28-8-7-18-16(11-28)9-25-19(27-18)21(22,23)24/h9-10,13-15H,7-8,11-12H2,1-6H3. The van der Waals surface area contributed by atoms with Crippen LogP contribution in [0.1, 0.15) is 64.4 Å². The van der Waals surface area contributed by atoms with Crippen LogP contribution in [0.4, 0.5) is 13.2 Å². The van der Waals surface area contributed by atoms with E-state index in [-0.39, 0.29) is 0 Å². The zero-order chi connectivity index (χ0) is 22.3. The lowest BCUT2D eigenvalue weighted by Gasteiger charge is -2.39. The van der Waals surface area contributed by atoms with Crippen molar-refractivity contribution in [2.24, 2.45) is 0 Å². The Morgan fingerprint density at radius 1 is 1.03 bits per heavy atom. The van der Waals surface area contributed by atoms with Gasteiger partial charge in [0.2, 0.25) is 5.82 Å². The molecule has 0 radical (unpaired) electrons. The van der Waals surface area contributed by atoms with E-state index in [2.05, 4.69) is 56.4 Å². The molecule has 0 aromatic carbocycles. The number of nitrogens with zero attached hydrogens (tertiary/aromatic N) is 4. The average molecular weight is 441 g/mol. The van der Waals surface area contributed by atoms with Gasteiger partial charge in [-0.2, -0.15) is 13.2 Å². The van der Waals surface area contributed by atoms with Crippen LogP contribution in [0.15, 0.2) is 16.8 Å². The van der Waals surface area contributed by atoms with Crippen LogP contribution in [0.25, 0.3) is 0 Å². The predicted octanol–water partition coefficient (Wildman–Crippen LogP) is 4.93. The third kappa shape index (κ3) is 4.19. The maximum absolute atomic E-state index is 12.8. The van der Waals surface area contributed by atoms with Crippen LogP contribution in [-0.2, 0) is 25.7 Å². The second-order valence-electron chi connectivity index (χ2n) is 9.15. The summed E-state index contributed by atoms with van der Waals surface area (Å²) in [6.07, 6.45) is -0.924. The summed E-state index contributed by atoms with van der Waals surface area (Å²) in [5.74, 6) is -0.257. The molecule has 166 valence electrons. The minimum absolute atomic E-state index is 0.463. The largest absolute Gasteiger partial charge is 0.451 e. The summed E-state index contributed by atoms with van der Waals surface area (Å²) in [6, 6.07) is 0. The molecule has 9 heteroatoms.